The molecule has 0 saturated carbocycles. The minimum atomic E-state index is -0.0279. The van der Waals surface area contributed by atoms with E-state index >= 15 is 0 Å². The van der Waals surface area contributed by atoms with Crippen LogP contribution < -0.4 is 11.1 Å². The van der Waals surface area contributed by atoms with Crippen molar-refractivity contribution in [2.45, 2.75) is 52.2 Å². The first-order valence-corrected chi connectivity index (χ1v) is 7.60. The smallest absolute Gasteiger partial charge is 0.0779 e. The van der Waals surface area contributed by atoms with Gasteiger partial charge in [0, 0.05) is 25.7 Å². The molecule has 0 aromatic heterocycles. The summed E-state index contributed by atoms with van der Waals surface area (Å²) in [6.07, 6.45) is 2.29. The maximum absolute atomic E-state index is 6.01. The van der Waals surface area contributed by atoms with Crippen LogP contribution in [0.15, 0.2) is 12.1 Å². The van der Waals surface area contributed by atoms with E-state index < -0.39 is 0 Å². The fourth-order valence-corrected chi connectivity index (χ4v) is 3.36. The highest BCUT2D eigenvalue weighted by Gasteiger charge is 2.30. The molecule has 1 saturated heterocycles. The van der Waals surface area contributed by atoms with E-state index in [0.717, 1.165) is 26.0 Å². The fraction of sp³-hybridized carbons (Fsp3) is 0.647. The molecule has 1 fully saturated rings. The van der Waals surface area contributed by atoms with Crippen LogP contribution in [0.3, 0.4) is 0 Å². The van der Waals surface area contributed by atoms with Crippen LogP contribution in [0.1, 0.15) is 48.1 Å². The second kappa shape index (κ2) is 6.25. The van der Waals surface area contributed by atoms with E-state index in [1.54, 1.807) is 0 Å². The molecule has 0 radical (unpaired) electrons. The van der Waals surface area contributed by atoms with Crippen molar-refractivity contribution in [3.63, 3.8) is 0 Å². The lowest BCUT2D eigenvalue weighted by atomic mass is 9.93. The zero-order chi connectivity index (χ0) is 14.8. The van der Waals surface area contributed by atoms with Crippen LogP contribution in [0.4, 0.5) is 0 Å². The third kappa shape index (κ3) is 3.40. The largest absolute Gasteiger partial charge is 0.374 e. The molecule has 1 aromatic carbocycles. The lowest BCUT2D eigenvalue weighted by Gasteiger charge is -2.28. The molecule has 20 heavy (non-hydrogen) atoms. The molecule has 2 atom stereocenters. The molecule has 1 aromatic rings. The van der Waals surface area contributed by atoms with Crippen molar-refractivity contribution in [3.8, 4) is 0 Å². The predicted molar refractivity (Wildman–Crippen MR) is 84.0 cm³/mol. The first kappa shape index (κ1) is 15.5. The second-order valence-electron chi connectivity index (χ2n) is 6.38. The highest BCUT2D eigenvalue weighted by Crippen LogP contribution is 2.27. The Hall–Kier alpha value is -0.900. The molecule has 3 N–H and O–H groups in total. The summed E-state index contributed by atoms with van der Waals surface area (Å²) in [4.78, 5) is 0. The molecule has 0 amide bonds. The Labute approximate surface area is 122 Å². The van der Waals surface area contributed by atoms with E-state index in [-0.39, 0.29) is 11.6 Å². The van der Waals surface area contributed by atoms with Gasteiger partial charge in [-0.25, -0.2) is 0 Å². The van der Waals surface area contributed by atoms with Crippen molar-refractivity contribution >= 4 is 0 Å². The van der Waals surface area contributed by atoms with E-state index in [1.165, 1.54) is 22.3 Å². The van der Waals surface area contributed by atoms with Crippen molar-refractivity contribution in [1.82, 2.24) is 5.32 Å². The van der Waals surface area contributed by atoms with Crippen molar-refractivity contribution in [2.75, 3.05) is 19.7 Å². The average molecular weight is 276 g/mol. The number of nitrogens with two attached hydrogens (primary N) is 1. The number of hydrogen-bond acceptors (Lipinski definition) is 3. The molecule has 1 heterocycles. The van der Waals surface area contributed by atoms with Crippen molar-refractivity contribution < 1.29 is 4.74 Å². The Morgan fingerprint density at radius 3 is 2.45 bits per heavy atom. The van der Waals surface area contributed by atoms with Crippen LogP contribution in [0, 0.1) is 20.8 Å². The van der Waals surface area contributed by atoms with Crippen LogP contribution in [-0.4, -0.2) is 25.3 Å². The van der Waals surface area contributed by atoms with Gasteiger partial charge in [0.05, 0.1) is 5.60 Å². The van der Waals surface area contributed by atoms with E-state index in [2.05, 4.69) is 45.1 Å². The summed E-state index contributed by atoms with van der Waals surface area (Å²) in [7, 11) is 0. The molecule has 2 unspecified atom stereocenters. The monoisotopic (exact) mass is 276 g/mol. The van der Waals surface area contributed by atoms with Gasteiger partial charge >= 0.3 is 0 Å². The van der Waals surface area contributed by atoms with Crippen LogP contribution in [0.25, 0.3) is 0 Å². The van der Waals surface area contributed by atoms with Crippen LogP contribution in [-0.2, 0) is 4.74 Å². The standard InChI is InChI=1S/C17H28N2O/c1-12-8-13(2)16(14(3)9-12)15(10-18)19-11-17(4)6-5-7-20-17/h8-9,15,19H,5-7,10-11,18H2,1-4H3. The fourth-order valence-electron chi connectivity index (χ4n) is 3.36. The van der Waals surface area contributed by atoms with Gasteiger partial charge in [0.25, 0.3) is 0 Å². The predicted octanol–water partition coefficient (Wildman–Crippen LogP) is 2.77. The Kier molecular flexibility index (Phi) is 4.84. The van der Waals surface area contributed by atoms with Gasteiger partial charge < -0.3 is 15.8 Å². The van der Waals surface area contributed by atoms with E-state index in [1.807, 2.05) is 0 Å². The zero-order valence-corrected chi connectivity index (χ0v) is 13.3. The van der Waals surface area contributed by atoms with E-state index in [4.69, 9.17) is 10.5 Å². The molecule has 1 aliphatic rings. The maximum Gasteiger partial charge on any atom is 0.0779 e. The minimum absolute atomic E-state index is 0.0279. The van der Waals surface area contributed by atoms with Gasteiger partial charge in [-0.1, -0.05) is 17.7 Å². The summed E-state index contributed by atoms with van der Waals surface area (Å²) in [5.41, 5.74) is 11.3. The molecule has 0 aliphatic carbocycles. The first-order chi connectivity index (χ1) is 9.45. The Bertz CT molecular complexity index is 441. The lowest BCUT2D eigenvalue weighted by Crippen LogP contribution is -2.41. The summed E-state index contributed by atoms with van der Waals surface area (Å²) in [5, 5.41) is 3.62. The number of ether oxygens (including phenoxy) is 1. The summed E-state index contributed by atoms with van der Waals surface area (Å²) in [6, 6.07) is 4.68. The highest BCUT2D eigenvalue weighted by atomic mass is 16.5. The van der Waals surface area contributed by atoms with Gasteiger partial charge in [-0.05, 0) is 57.2 Å². The van der Waals surface area contributed by atoms with Gasteiger partial charge in [0.15, 0.2) is 0 Å². The van der Waals surface area contributed by atoms with E-state index in [0.29, 0.717) is 6.54 Å². The average Bonchev–Trinajstić information content (AvgIpc) is 2.79. The summed E-state index contributed by atoms with van der Waals surface area (Å²) in [6.45, 7) is 11.0. The van der Waals surface area contributed by atoms with Crippen molar-refractivity contribution in [2.24, 2.45) is 5.73 Å². The second-order valence-corrected chi connectivity index (χ2v) is 6.38. The number of aryl methyl sites for hydroxylation is 3. The Morgan fingerprint density at radius 2 is 1.95 bits per heavy atom. The van der Waals surface area contributed by atoms with Crippen LogP contribution >= 0.6 is 0 Å². The van der Waals surface area contributed by atoms with Gasteiger partial charge in [-0.15, -0.1) is 0 Å². The zero-order valence-electron chi connectivity index (χ0n) is 13.3. The van der Waals surface area contributed by atoms with Gasteiger partial charge in [0.2, 0.25) is 0 Å². The third-order valence-electron chi connectivity index (χ3n) is 4.35. The molecule has 1 aliphatic heterocycles. The maximum atomic E-state index is 6.01. The Balaban J connectivity index is 2.12. The number of benzene rings is 1. The SMILES string of the molecule is Cc1cc(C)c(C(CN)NCC2(C)CCCO2)c(C)c1. The number of rotatable bonds is 5. The van der Waals surface area contributed by atoms with Crippen molar-refractivity contribution in [1.29, 1.82) is 0 Å². The normalized spacial score (nSPS) is 24.1. The molecule has 2 rings (SSSR count). The molecular formula is C17H28N2O. The van der Waals surface area contributed by atoms with Gasteiger partial charge in [-0.3, -0.25) is 0 Å². The summed E-state index contributed by atoms with van der Waals surface area (Å²) < 4.78 is 5.85. The van der Waals surface area contributed by atoms with Crippen LogP contribution in [0.5, 0.6) is 0 Å². The number of hydrogen-bond donors (Lipinski definition) is 2. The molecule has 112 valence electrons. The summed E-state index contributed by atoms with van der Waals surface area (Å²) in [5.74, 6) is 0. The highest BCUT2D eigenvalue weighted by molar-refractivity contribution is 5.39. The Morgan fingerprint density at radius 1 is 1.30 bits per heavy atom. The molecular weight excluding hydrogens is 248 g/mol. The molecule has 0 bridgehead atoms. The molecule has 0 spiro atoms. The van der Waals surface area contributed by atoms with Gasteiger partial charge in [-0.2, -0.15) is 0 Å². The summed E-state index contributed by atoms with van der Waals surface area (Å²) >= 11 is 0. The van der Waals surface area contributed by atoms with Crippen molar-refractivity contribution in [3.05, 3.63) is 34.4 Å². The third-order valence-corrected chi connectivity index (χ3v) is 4.35. The topological polar surface area (TPSA) is 47.3 Å². The van der Waals surface area contributed by atoms with Crippen LogP contribution in [0.2, 0.25) is 0 Å². The first-order valence-electron chi connectivity index (χ1n) is 7.60. The van der Waals surface area contributed by atoms with Gasteiger partial charge in [0.1, 0.15) is 0 Å². The lowest BCUT2D eigenvalue weighted by molar-refractivity contribution is 0.0188. The number of nitrogens with one attached hydrogen (secondary N) is 1. The van der Waals surface area contributed by atoms with E-state index in [9.17, 15) is 0 Å². The molecule has 3 nitrogen and oxygen atoms in total. The quantitative estimate of drug-likeness (QED) is 0.869. The molecule has 3 heteroatoms. The minimum Gasteiger partial charge on any atom is -0.374 e.